The van der Waals surface area contributed by atoms with Crippen LogP contribution in [-0.4, -0.2) is 26.3 Å². The molecule has 3 aromatic rings. The van der Waals surface area contributed by atoms with E-state index in [9.17, 15) is 13.2 Å². The second-order valence-electron chi connectivity index (χ2n) is 5.84. The molecule has 0 aliphatic carbocycles. The lowest BCUT2D eigenvalue weighted by molar-refractivity contribution is -0.143. The number of methoxy groups -OCH3 is 3. The molecule has 0 unspecified atom stereocenters. The smallest absolute Gasteiger partial charge is 0.440 e. The lowest BCUT2D eigenvalue weighted by Gasteiger charge is -2.14. The Kier molecular flexibility index (Phi) is 5.86. The molecule has 2 aromatic carbocycles. The van der Waals surface area contributed by atoms with Crippen molar-refractivity contribution in [2.75, 3.05) is 21.3 Å². The highest BCUT2D eigenvalue weighted by Crippen LogP contribution is 2.41. The number of benzene rings is 2. The number of alkyl halides is 3. The molecular formula is C20H18F3NO5. The van der Waals surface area contributed by atoms with Gasteiger partial charge in [0.2, 0.25) is 17.3 Å². The van der Waals surface area contributed by atoms with Gasteiger partial charge in [-0.3, -0.25) is 0 Å². The Labute approximate surface area is 164 Å². The first-order valence-electron chi connectivity index (χ1n) is 8.42. The zero-order chi connectivity index (χ0) is 21.0. The molecule has 0 saturated heterocycles. The third-order valence-electron chi connectivity index (χ3n) is 3.98. The minimum atomic E-state index is -4.73. The number of hydrogen-bond donors (Lipinski definition) is 0. The van der Waals surface area contributed by atoms with E-state index in [1.165, 1.54) is 21.3 Å². The predicted octanol–water partition coefficient (Wildman–Crippen LogP) is 4.97. The zero-order valence-electron chi connectivity index (χ0n) is 15.9. The van der Waals surface area contributed by atoms with E-state index in [1.807, 2.05) is 0 Å². The minimum absolute atomic E-state index is 0.183. The van der Waals surface area contributed by atoms with Gasteiger partial charge in [-0.2, -0.15) is 13.2 Å². The van der Waals surface area contributed by atoms with Crippen LogP contribution < -0.4 is 18.9 Å². The summed E-state index contributed by atoms with van der Waals surface area (Å²) in [4.78, 5) is 3.57. The normalized spacial score (nSPS) is 11.2. The third-order valence-corrected chi connectivity index (χ3v) is 3.98. The van der Waals surface area contributed by atoms with Crippen LogP contribution in [0.4, 0.5) is 13.2 Å². The molecule has 3 rings (SSSR count). The number of aromatic nitrogens is 1. The molecule has 6 nitrogen and oxygen atoms in total. The van der Waals surface area contributed by atoms with Crippen LogP contribution in [-0.2, 0) is 12.8 Å². The number of halogens is 3. The molecule has 1 heterocycles. The van der Waals surface area contributed by atoms with Crippen molar-refractivity contribution < 1.29 is 36.5 Å². The zero-order valence-corrected chi connectivity index (χ0v) is 15.9. The molecule has 0 saturated carbocycles. The highest BCUT2D eigenvalue weighted by Gasteiger charge is 2.40. The molecule has 0 bridgehead atoms. The summed E-state index contributed by atoms with van der Waals surface area (Å²) in [6.07, 6.45) is -4.73. The maximum atomic E-state index is 13.4. The fraction of sp³-hybridized carbons (Fsp3) is 0.250. The molecular weight excluding hydrogens is 391 g/mol. The topological polar surface area (TPSA) is 63.0 Å². The van der Waals surface area contributed by atoms with Crippen LogP contribution in [0.25, 0.3) is 11.5 Å². The van der Waals surface area contributed by atoms with Gasteiger partial charge in [0, 0.05) is 5.56 Å². The van der Waals surface area contributed by atoms with Crippen molar-refractivity contribution in [2.45, 2.75) is 12.8 Å². The summed E-state index contributed by atoms with van der Waals surface area (Å²) in [5, 5.41) is 0. The molecule has 0 aliphatic rings. The van der Waals surface area contributed by atoms with Crippen LogP contribution in [0.3, 0.4) is 0 Å². The van der Waals surface area contributed by atoms with E-state index in [1.54, 1.807) is 42.5 Å². The molecule has 9 heteroatoms. The number of nitrogens with zero attached hydrogens (tertiary/aromatic N) is 1. The second-order valence-corrected chi connectivity index (χ2v) is 5.84. The van der Waals surface area contributed by atoms with Crippen LogP contribution in [0, 0.1) is 0 Å². The first-order valence-corrected chi connectivity index (χ1v) is 8.42. The van der Waals surface area contributed by atoms with Gasteiger partial charge in [0.25, 0.3) is 0 Å². The summed E-state index contributed by atoms with van der Waals surface area (Å²) in [5.41, 5.74) is -0.338. The Morgan fingerprint density at radius 3 is 2.07 bits per heavy atom. The Balaban J connectivity index is 1.91. The van der Waals surface area contributed by atoms with E-state index in [4.69, 9.17) is 23.4 Å². The number of hydrogen-bond acceptors (Lipinski definition) is 6. The quantitative estimate of drug-likeness (QED) is 0.549. The van der Waals surface area contributed by atoms with Crippen LogP contribution >= 0.6 is 0 Å². The van der Waals surface area contributed by atoms with Crippen LogP contribution in [0.2, 0.25) is 0 Å². The molecule has 154 valence electrons. The Hall–Kier alpha value is -3.36. The summed E-state index contributed by atoms with van der Waals surface area (Å²) in [6, 6.07) is 11.4. The van der Waals surface area contributed by atoms with E-state index in [0.29, 0.717) is 28.4 Å². The number of ether oxygens (including phenoxy) is 4. The van der Waals surface area contributed by atoms with Gasteiger partial charge in [-0.05, 0) is 29.8 Å². The first-order chi connectivity index (χ1) is 13.9. The van der Waals surface area contributed by atoms with Crippen LogP contribution in [0.15, 0.2) is 46.9 Å². The average Bonchev–Trinajstić information content (AvgIpc) is 3.17. The van der Waals surface area contributed by atoms with E-state index < -0.39 is 17.8 Å². The number of rotatable bonds is 7. The van der Waals surface area contributed by atoms with E-state index >= 15 is 0 Å². The fourth-order valence-corrected chi connectivity index (χ4v) is 2.65. The average molecular weight is 409 g/mol. The highest BCUT2D eigenvalue weighted by atomic mass is 19.4. The standard InChI is InChI=1S/C20H18F3NO5/c1-25-14-9-12(10-15(26-2)16(14)27-3)11-28-19-17(20(21,22)23)24-18(29-19)13-7-5-4-6-8-13/h4-10H,11H2,1-3H3. The third kappa shape index (κ3) is 4.39. The molecule has 0 fully saturated rings. The fourth-order valence-electron chi connectivity index (χ4n) is 2.65. The van der Waals surface area contributed by atoms with E-state index in [2.05, 4.69) is 4.98 Å². The number of oxazole rings is 1. The van der Waals surface area contributed by atoms with Crippen LogP contribution in [0.1, 0.15) is 11.3 Å². The molecule has 0 aliphatic heterocycles. The molecule has 0 amide bonds. The van der Waals surface area contributed by atoms with Gasteiger partial charge in [-0.25, -0.2) is 4.98 Å². The monoisotopic (exact) mass is 409 g/mol. The largest absolute Gasteiger partial charge is 0.493 e. The Morgan fingerprint density at radius 2 is 1.55 bits per heavy atom. The maximum Gasteiger partial charge on any atom is 0.440 e. The van der Waals surface area contributed by atoms with Crippen molar-refractivity contribution in [3.63, 3.8) is 0 Å². The summed E-state index contributed by atoms with van der Waals surface area (Å²) >= 11 is 0. The predicted molar refractivity (Wildman–Crippen MR) is 97.4 cm³/mol. The Morgan fingerprint density at radius 1 is 0.931 bits per heavy atom. The molecule has 1 aromatic heterocycles. The second kappa shape index (κ2) is 8.34. The van der Waals surface area contributed by atoms with Crippen molar-refractivity contribution in [1.29, 1.82) is 0 Å². The molecule has 0 atom stereocenters. The summed E-state index contributed by atoms with van der Waals surface area (Å²) in [7, 11) is 4.32. The molecule has 0 radical (unpaired) electrons. The van der Waals surface area contributed by atoms with Gasteiger partial charge in [0.1, 0.15) is 6.61 Å². The highest BCUT2D eigenvalue weighted by molar-refractivity contribution is 5.55. The first kappa shape index (κ1) is 20.4. The summed E-state index contributed by atoms with van der Waals surface area (Å²) < 4.78 is 66.4. The maximum absolute atomic E-state index is 13.4. The van der Waals surface area contributed by atoms with Crippen molar-refractivity contribution in [3.05, 3.63) is 53.7 Å². The molecule has 0 spiro atoms. The van der Waals surface area contributed by atoms with Crippen molar-refractivity contribution in [1.82, 2.24) is 4.98 Å². The van der Waals surface area contributed by atoms with Gasteiger partial charge in [-0.1, -0.05) is 18.2 Å². The van der Waals surface area contributed by atoms with E-state index in [0.717, 1.165) is 0 Å². The van der Waals surface area contributed by atoms with Gasteiger partial charge < -0.3 is 23.4 Å². The lowest BCUT2D eigenvalue weighted by atomic mass is 10.2. The van der Waals surface area contributed by atoms with Crippen molar-refractivity contribution in [2.24, 2.45) is 0 Å². The minimum Gasteiger partial charge on any atom is -0.493 e. The van der Waals surface area contributed by atoms with Gasteiger partial charge >= 0.3 is 12.1 Å². The Bertz CT molecular complexity index is 945. The summed E-state index contributed by atoms with van der Waals surface area (Å²) in [6.45, 7) is -0.233. The lowest BCUT2D eigenvalue weighted by Crippen LogP contribution is -2.08. The van der Waals surface area contributed by atoms with Crippen molar-refractivity contribution >= 4 is 0 Å². The van der Waals surface area contributed by atoms with Crippen LogP contribution in [0.5, 0.6) is 23.2 Å². The SMILES string of the molecule is COc1cc(COc2oc(-c3ccccc3)nc2C(F)(F)F)cc(OC)c1OC. The van der Waals surface area contributed by atoms with Gasteiger partial charge in [0.05, 0.1) is 21.3 Å². The summed E-state index contributed by atoms with van der Waals surface area (Å²) in [5.74, 6) is 0.164. The van der Waals surface area contributed by atoms with Crippen molar-refractivity contribution in [3.8, 4) is 34.6 Å². The van der Waals surface area contributed by atoms with E-state index in [-0.39, 0.29) is 12.5 Å². The molecule has 29 heavy (non-hydrogen) atoms. The molecule has 0 N–H and O–H groups in total. The van der Waals surface area contributed by atoms with Gasteiger partial charge in [0.15, 0.2) is 11.5 Å². The van der Waals surface area contributed by atoms with Gasteiger partial charge in [-0.15, -0.1) is 0 Å².